The Morgan fingerprint density at radius 3 is 2.71 bits per heavy atom. The van der Waals surface area contributed by atoms with Crippen LogP contribution in [0.5, 0.6) is 0 Å². The van der Waals surface area contributed by atoms with Crippen LogP contribution in [0.15, 0.2) is 18.3 Å². The van der Waals surface area contributed by atoms with Crippen molar-refractivity contribution in [2.24, 2.45) is 0 Å². The number of aromatic nitrogens is 1. The molecular weight excluding hydrogens is 182 g/mol. The van der Waals surface area contributed by atoms with Gasteiger partial charge in [-0.25, -0.2) is 0 Å². The van der Waals surface area contributed by atoms with Crippen LogP contribution >= 0.6 is 0 Å². The summed E-state index contributed by atoms with van der Waals surface area (Å²) in [6.07, 6.45) is 5.13. The molecule has 0 bridgehead atoms. The van der Waals surface area contributed by atoms with Gasteiger partial charge < -0.3 is 15.4 Å². The Labute approximate surface area is 81.3 Å². The van der Waals surface area contributed by atoms with E-state index >= 15 is 0 Å². The van der Waals surface area contributed by atoms with Crippen molar-refractivity contribution in [3.05, 3.63) is 28.4 Å². The van der Waals surface area contributed by atoms with Crippen molar-refractivity contribution in [1.82, 2.24) is 4.98 Å². The lowest BCUT2D eigenvalue weighted by Crippen LogP contribution is -2.26. The lowest BCUT2D eigenvalue weighted by molar-refractivity contribution is -0.389. The Bertz CT molecular complexity index is 332. The fourth-order valence-corrected chi connectivity index (χ4v) is 1.37. The first-order valence-electron chi connectivity index (χ1n) is 4.63. The third-order valence-electron chi connectivity index (χ3n) is 2.41. The van der Waals surface area contributed by atoms with Gasteiger partial charge in [0.1, 0.15) is 0 Å². The molecular formula is C9H11N3O2. The van der Waals surface area contributed by atoms with Gasteiger partial charge >= 0.3 is 5.82 Å². The first-order valence-corrected chi connectivity index (χ1v) is 4.63. The molecule has 1 aliphatic rings. The number of hydrogen-bond acceptors (Lipinski definition) is 4. The van der Waals surface area contributed by atoms with Crippen LogP contribution in [-0.2, 0) is 0 Å². The minimum Gasteiger partial charge on any atom is -0.379 e. The number of anilines is 1. The normalized spacial score (nSPS) is 16.0. The SMILES string of the molecule is O=[N+]([O-])c1ccc(NC2CCC2)cn1. The molecule has 1 heterocycles. The molecule has 1 aromatic rings. The third-order valence-corrected chi connectivity index (χ3v) is 2.41. The van der Waals surface area contributed by atoms with Gasteiger partial charge in [-0.1, -0.05) is 0 Å². The van der Waals surface area contributed by atoms with Crippen LogP contribution in [0, 0.1) is 10.1 Å². The second-order valence-electron chi connectivity index (χ2n) is 3.43. The van der Waals surface area contributed by atoms with Crippen molar-refractivity contribution >= 4 is 11.5 Å². The van der Waals surface area contributed by atoms with Crippen LogP contribution in [0.3, 0.4) is 0 Å². The zero-order valence-electron chi connectivity index (χ0n) is 7.64. The molecule has 0 radical (unpaired) electrons. The van der Waals surface area contributed by atoms with Crippen molar-refractivity contribution in [3.8, 4) is 0 Å². The monoisotopic (exact) mass is 193 g/mol. The summed E-state index contributed by atoms with van der Waals surface area (Å²) in [6, 6.07) is 3.64. The molecule has 0 saturated heterocycles. The molecule has 0 aliphatic heterocycles. The smallest absolute Gasteiger partial charge is 0.363 e. The molecule has 0 unspecified atom stereocenters. The molecule has 0 aromatic carbocycles. The first kappa shape index (κ1) is 8.93. The Morgan fingerprint density at radius 1 is 1.50 bits per heavy atom. The van der Waals surface area contributed by atoms with Crippen molar-refractivity contribution in [1.29, 1.82) is 0 Å². The van der Waals surface area contributed by atoms with Gasteiger partial charge in [-0.3, -0.25) is 0 Å². The summed E-state index contributed by atoms with van der Waals surface area (Å²) in [6.45, 7) is 0. The third kappa shape index (κ3) is 1.81. The Hall–Kier alpha value is -1.65. The van der Waals surface area contributed by atoms with Crippen molar-refractivity contribution in [2.75, 3.05) is 5.32 Å². The van der Waals surface area contributed by atoms with E-state index in [9.17, 15) is 10.1 Å². The van der Waals surface area contributed by atoms with E-state index in [1.54, 1.807) is 6.07 Å². The lowest BCUT2D eigenvalue weighted by Gasteiger charge is -2.26. The number of pyridine rings is 1. The molecule has 5 nitrogen and oxygen atoms in total. The van der Waals surface area contributed by atoms with Crippen LogP contribution < -0.4 is 5.32 Å². The van der Waals surface area contributed by atoms with Crippen molar-refractivity contribution < 1.29 is 4.92 Å². The number of nitrogens with one attached hydrogen (secondary N) is 1. The van der Waals surface area contributed by atoms with Gasteiger partial charge in [-0.15, -0.1) is 0 Å². The molecule has 0 amide bonds. The number of rotatable bonds is 3. The highest BCUT2D eigenvalue weighted by Crippen LogP contribution is 2.23. The predicted octanol–water partition coefficient (Wildman–Crippen LogP) is 1.95. The number of nitrogens with zero attached hydrogens (tertiary/aromatic N) is 2. The molecule has 74 valence electrons. The van der Waals surface area contributed by atoms with Gasteiger partial charge in [-0.05, 0) is 35.2 Å². The van der Waals surface area contributed by atoms with E-state index < -0.39 is 4.92 Å². The molecule has 14 heavy (non-hydrogen) atoms. The fourth-order valence-electron chi connectivity index (χ4n) is 1.37. The minimum atomic E-state index is -0.493. The van der Waals surface area contributed by atoms with E-state index in [1.807, 2.05) is 0 Å². The highest BCUT2D eigenvalue weighted by Gasteiger charge is 2.17. The summed E-state index contributed by atoms with van der Waals surface area (Å²) in [5.41, 5.74) is 0.861. The zero-order chi connectivity index (χ0) is 9.97. The second kappa shape index (κ2) is 3.61. The van der Waals surface area contributed by atoms with E-state index in [2.05, 4.69) is 10.3 Å². The molecule has 1 fully saturated rings. The van der Waals surface area contributed by atoms with Gasteiger partial charge in [0.05, 0.1) is 5.69 Å². The molecule has 1 saturated carbocycles. The predicted molar refractivity (Wildman–Crippen MR) is 52.2 cm³/mol. The maximum absolute atomic E-state index is 10.3. The summed E-state index contributed by atoms with van der Waals surface area (Å²) in [7, 11) is 0. The van der Waals surface area contributed by atoms with Crippen LogP contribution in [-0.4, -0.2) is 15.9 Å². The Balaban J connectivity index is 2.01. The number of hydrogen-bond donors (Lipinski definition) is 1. The highest BCUT2D eigenvalue weighted by molar-refractivity contribution is 5.44. The molecule has 0 atom stereocenters. The standard InChI is InChI=1S/C9H11N3O2/c13-12(14)9-5-4-8(6-10-9)11-7-2-1-3-7/h4-7,11H,1-3H2. The molecule has 2 rings (SSSR count). The Kier molecular flexibility index (Phi) is 2.30. The van der Waals surface area contributed by atoms with Gasteiger partial charge in [0, 0.05) is 12.1 Å². The van der Waals surface area contributed by atoms with Gasteiger partial charge in [-0.2, -0.15) is 0 Å². The van der Waals surface area contributed by atoms with E-state index in [0.29, 0.717) is 6.04 Å². The van der Waals surface area contributed by atoms with Crippen LogP contribution in [0.25, 0.3) is 0 Å². The van der Waals surface area contributed by atoms with E-state index in [-0.39, 0.29) is 5.82 Å². The van der Waals surface area contributed by atoms with Crippen LogP contribution in [0.1, 0.15) is 19.3 Å². The van der Waals surface area contributed by atoms with Gasteiger partial charge in [0.2, 0.25) is 0 Å². The van der Waals surface area contributed by atoms with Crippen molar-refractivity contribution in [3.63, 3.8) is 0 Å². The second-order valence-corrected chi connectivity index (χ2v) is 3.43. The molecule has 1 aromatic heterocycles. The highest BCUT2D eigenvalue weighted by atomic mass is 16.6. The van der Waals surface area contributed by atoms with Crippen LogP contribution in [0.4, 0.5) is 11.5 Å². The fraction of sp³-hybridized carbons (Fsp3) is 0.444. The van der Waals surface area contributed by atoms with Crippen LogP contribution in [0.2, 0.25) is 0 Å². The molecule has 1 aliphatic carbocycles. The average Bonchev–Trinajstić information content (AvgIpc) is 2.12. The van der Waals surface area contributed by atoms with E-state index in [4.69, 9.17) is 0 Å². The van der Waals surface area contributed by atoms with E-state index in [0.717, 1.165) is 5.69 Å². The van der Waals surface area contributed by atoms with E-state index in [1.165, 1.54) is 31.5 Å². The largest absolute Gasteiger partial charge is 0.379 e. The summed E-state index contributed by atoms with van der Waals surface area (Å²) < 4.78 is 0. The molecule has 5 heteroatoms. The minimum absolute atomic E-state index is 0.107. The topological polar surface area (TPSA) is 68.1 Å². The summed E-state index contributed by atoms with van der Waals surface area (Å²) >= 11 is 0. The van der Waals surface area contributed by atoms with Crippen molar-refractivity contribution in [2.45, 2.75) is 25.3 Å². The summed E-state index contributed by atoms with van der Waals surface area (Å²) in [5.74, 6) is -0.107. The van der Waals surface area contributed by atoms with Gasteiger partial charge in [0.25, 0.3) is 0 Å². The zero-order valence-corrected chi connectivity index (χ0v) is 7.64. The quantitative estimate of drug-likeness (QED) is 0.588. The average molecular weight is 193 g/mol. The lowest BCUT2D eigenvalue weighted by atomic mass is 9.93. The molecule has 0 spiro atoms. The van der Waals surface area contributed by atoms with Gasteiger partial charge in [0.15, 0.2) is 6.20 Å². The maximum Gasteiger partial charge on any atom is 0.363 e. The summed E-state index contributed by atoms with van der Waals surface area (Å²) in [5, 5.41) is 13.6. The number of nitro groups is 1. The molecule has 1 N–H and O–H groups in total. The summed E-state index contributed by atoms with van der Waals surface area (Å²) in [4.78, 5) is 13.6. The Morgan fingerprint density at radius 2 is 2.29 bits per heavy atom. The maximum atomic E-state index is 10.3. The first-order chi connectivity index (χ1) is 6.75.